The van der Waals surface area contributed by atoms with E-state index in [-0.39, 0.29) is 30.7 Å². The van der Waals surface area contributed by atoms with E-state index in [0.717, 1.165) is 56.8 Å². The van der Waals surface area contributed by atoms with Gasteiger partial charge in [-0.1, -0.05) is 115 Å². The predicted octanol–water partition coefficient (Wildman–Crippen LogP) is 14.9. The zero-order valence-corrected chi connectivity index (χ0v) is 46.8. The van der Waals surface area contributed by atoms with Crippen LogP contribution < -0.4 is 14.2 Å². The van der Waals surface area contributed by atoms with Crippen LogP contribution in [0.5, 0.6) is 17.2 Å². The molecule has 12 nitrogen and oxygen atoms in total. The van der Waals surface area contributed by atoms with Gasteiger partial charge in [-0.05, 0) is 131 Å². The van der Waals surface area contributed by atoms with Crippen LogP contribution in [0.15, 0.2) is 188 Å². The van der Waals surface area contributed by atoms with Gasteiger partial charge < -0.3 is 19.2 Å². The fraction of sp³-hybridized carbons (Fsp3) is 0.156. The Balaban J connectivity index is 0.000000151. The summed E-state index contributed by atoms with van der Waals surface area (Å²) >= 11 is 12.6. The van der Waals surface area contributed by atoms with E-state index in [9.17, 15) is 14.4 Å². The number of allylic oxidation sites excluding steroid dienone is 1. The second-order valence-corrected chi connectivity index (χ2v) is 25.9. The summed E-state index contributed by atoms with van der Waals surface area (Å²) in [6.45, 7) is 7.77. The molecule has 396 valence electrons. The third-order valence-electron chi connectivity index (χ3n) is 14.0. The largest absolute Gasteiger partial charge is 0.497 e. The molecule has 0 unspecified atom stereocenters. The van der Waals surface area contributed by atoms with Crippen molar-refractivity contribution in [3.05, 3.63) is 232 Å². The van der Waals surface area contributed by atoms with Gasteiger partial charge in [-0.25, -0.2) is 9.97 Å². The lowest BCUT2D eigenvalue weighted by molar-refractivity contribution is 0.0644. The maximum Gasteiger partial charge on any atom is 0.261 e. The van der Waals surface area contributed by atoms with Crippen molar-refractivity contribution in [2.24, 2.45) is 0 Å². The highest BCUT2D eigenvalue weighted by Gasteiger charge is 2.35. The number of fused-ring (bicyclic) bond motifs is 4. The van der Waals surface area contributed by atoms with Crippen LogP contribution in [0.3, 0.4) is 0 Å². The molecule has 1 aliphatic heterocycles. The Morgan fingerprint density at radius 1 is 0.671 bits per heavy atom. The number of hydrogen-bond acceptors (Lipinski definition) is 9. The van der Waals surface area contributed by atoms with Gasteiger partial charge in [-0.2, -0.15) is 0 Å². The number of aromatic amines is 1. The molecule has 5 aromatic carbocycles. The van der Waals surface area contributed by atoms with Crippen molar-refractivity contribution in [3.8, 4) is 39.6 Å². The van der Waals surface area contributed by atoms with E-state index in [0.29, 0.717) is 51.1 Å². The molecular weight excluding hydrogens is 1050 g/mol. The molecule has 12 rings (SSSR count). The van der Waals surface area contributed by atoms with Gasteiger partial charge in [0.1, 0.15) is 34.2 Å². The smallest absolute Gasteiger partial charge is 0.261 e. The zero-order valence-electron chi connectivity index (χ0n) is 44.3. The van der Waals surface area contributed by atoms with Crippen molar-refractivity contribution in [2.75, 3.05) is 20.8 Å². The number of hydrogen-bond donors (Lipinski definition) is 1. The van der Waals surface area contributed by atoms with Gasteiger partial charge in [0.2, 0.25) is 5.91 Å². The van der Waals surface area contributed by atoms with Crippen LogP contribution in [0.2, 0.25) is 29.9 Å². The van der Waals surface area contributed by atoms with Crippen LogP contribution >= 0.6 is 23.2 Å². The van der Waals surface area contributed by atoms with Gasteiger partial charge in [-0.3, -0.25) is 28.8 Å². The number of halogens is 2. The average Bonchev–Trinajstić information content (AvgIpc) is 4.44. The molecule has 2 amide bonds. The molecular formula is C64H56Cl2N6O6Si. The van der Waals surface area contributed by atoms with Gasteiger partial charge in [0.25, 0.3) is 11.8 Å². The summed E-state index contributed by atoms with van der Waals surface area (Å²) in [5, 5.41) is 4.21. The number of ether oxygens (including phenoxy) is 3. The molecule has 5 aromatic heterocycles. The lowest BCUT2D eigenvalue weighted by Crippen LogP contribution is -2.31. The van der Waals surface area contributed by atoms with Crippen molar-refractivity contribution in [1.29, 1.82) is 0 Å². The van der Waals surface area contributed by atoms with Gasteiger partial charge in [0.15, 0.2) is 0 Å². The normalized spacial score (nSPS) is 12.7. The van der Waals surface area contributed by atoms with Gasteiger partial charge in [0.05, 0.1) is 38.9 Å². The molecule has 79 heavy (non-hydrogen) atoms. The number of benzene rings is 5. The third-order valence-corrected chi connectivity index (χ3v) is 16.7. The van der Waals surface area contributed by atoms with Crippen LogP contribution in [-0.4, -0.2) is 76.0 Å². The minimum Gasteiger partial charge on any atom is -0.497 e. The minimum atomic E-state index is -1.44. The molecule has 0 atom stereocenters. The number of carbonyl (C=O) groups is 3. The van der Waals surface area contributed by atoms with E-state index in [1.165, 1.54) is 27.2 Å². The Morgan fingerprint density at radius 2 is 1.37 bits per heavy atom. The molecule has 1 N–H and O–H groups in total. The highest BCUT2D eigenvalue weighted by Crippen LogP contribution is 2.43. The van der Waals surface area contributed by atoms with Gasteiger partial charge in [-0.15, -0.1) is 0 Å². The first-order chi connectivity index (χ1) is 38.3. The number of aromatic nitrogens is 5. The molecule has 1 aliphatic carbocycles. The van der Waals surface area contributed by atoms with Crippen molar-refractivity contribution in [3.63, 3.8) is 0 Å². The molecule has 2 aliphatic rings. The Hall–Kier alpha value is -8.62. The molecule has 0 spiro atoms. The van der Waals surface area contributed by atoms with Crippen molar-refractivity contribution < 1.29 is 28.6 Å². The summed E-state index contributed by atoms with van der Waals surface area (Å²) in [7, 11) is 1.93. The molecule has 0 radical (unpaired) electrons. The molecule has 0 saturated heterocycles. The van der Waals surface area contributed by atoms with E-state index in [2.05, 4.69) is 57.8 Å². The van der Waals surface area contributed by atoms with E-state index in [1.807, 2.05) is 116 Å². The second-order valence-electron chi connectivity index (χ2n) is 20.1. The fourth-order valence-electron chi connectivity index (χ4n) is 9.94. The fourth-order valence-corrected chi connectivity index (χ4v) is 12.1. The third kappa shape index (κ3) is 11.8. The average molecular weight is 1100 g/mol. The molecule has 6 heterocycles. The molecule has 0 bridgehead atoms. The lowest BCUT2D eigenvalue weighted by atomic mass is 10.0. The number of amides is 2. The zero-order chi connectivity index (χ0) is 55.2. The monoisotopic (exact) mass is 1100 g/mol. The van der Waals surface area contributed by atoms with Gasteiger partial charge >= 0.3 is 0 Å². The van der Waals surface area contributed by atoms with Crippen molar-refractivity contribution in [1.82, 2.24) is 29.4 Å². The number of nitrogens with zero attached hydrogens (tertiary/aromatic N) is 5. The van der Waals surface area contributed by atoms with Crippen LogP contribution in [0.4, 0.5) is 0 Å². The Bertz CT molecular complexity index is 3860. The standard InChI is InChI=1S/C32H24ClN3O4.C18H20ClNOSi.C14H12N2O/c33-30-29-26(22-10-6-11-23(18-22)40-20-21-8-2-1-3-9-21)19-36(27(29)15-16-34-30)28(37)14-7-17-35-31(38)24-12-4-5-13-25(24)32(35)39;1-21-14-7-5-6-12(8-14)18-15-11-20-17(19)10-13(15)9-16(18)22(2,3)4;1-17-12-4-2-10(3-5-12)14-8-11-9-15-7-6-13(11)16-14/h1-6,8-13,15-16,18-19H,7,14,17,20H2;5-8,10-11H,9H2,1-4H3;2-9,16H,1H3. The summed E-state index contributed by atoms with van der Waals surface area (Å²) in [5.41, 5.74) is 12.5. The minimum absolute atomic E-state index is 0.136. The Kier molecular flexibility index (Phi) is 16.0. The van der Waals surface area contributed by atoms with Crippen LogP contribution in [0, 0.1) is 0 Å². The van der Waals surface area contributed by atoms with E-state index >= 15 is 0 Å². The Morgan fingerprint density at radius 3 is 2.08 bits per heavy atom. The number of pyridine rings is 3. The highest BCUT2D eigenvalue weighted by molar-refractivity contribution is 6.84. The second kappa shape index (κ2) is 23.5. The number of imide groups is 1. The summed E-state index contributed by atoms with van der Waals surface area (Å²) < 4.78 is 18.1. The first-order valence-corrected chi connectivity index (χ1v) is 30.0. The van der Waals surface area contributed by atoms with Crippen LogP contribution in [-0.2, 0) is 13.0 Å². The molecule has 0 fully saturated rings. The first kappa shape index (κ1) is 53.8. The SMILES string of the molecule is COc1ccc(-c2cc3cnccc3[nH]2)cc1.COc1cccc(C2=C([Si](C)(C)C)Cc3cc(Cl)ncc32)c1.O=C1c2ccccc2C(=O)N1CCCC(=O)n1cc(-c2cccc(OCc3ccccc3)c2)c2c(Cl)nccc21. The maximum absolute atomic E-state index is 13.4. The van der Waals surface area contributed by atoms with Crippen molar-refractivity contribution >= 4 is 76.4 Å². The number of nitrogens with one attached hydrogen (secondary N) is 1. The summed E-state index contributed by atoms with van der Waals surface area (Å²) in [6, 6.07) is 48.4. The van der Waals surface area contributed by atoms with E-state index in [4.69, 9.17) is 37.4 Å². The number of carbonyl (C=O) groups excluding carboxylic acids is 3. The van der Waals surface area contributed by atoms with Gasteiger partial charge in [0, 0.05) is 77.1 Å². The molecule has 10 aromatic rings. The Labute approximate surface area is 469 Å². The predicted molar refractivity (Wildman–Crippen MR) is 316 cm³/mol. The van der Waals surface area contributed by atoms with Crippen LogP contribution in [0.1, 0.15) is 60.6 Å². The maximum atomic E-state index is 13.4. The summed E-state index contributed by atoms with van der Waals surface area (Å²) in [5.74, 6) is 1.62. The topological polar surface area (TPSA) is 142 Å². The lowest BCUT2D eigenvalue weighted by Gasteiger charge is -2.21. The quantitative estimate of drug-likeness (QED) is 0.0678. The van der Waals surface area contributed by atoms with E-state index < -0.39 is 8.07 Å². The van der Waals surface area contributed by atoms with Crippen LogP contribution in [0.25, 0.3) is 49.8 Å². The number of rotatable bonds is 13. The molecule has 15 heteroatoms. The number of H-pyrrole nitrogens is 1. The highest BCUT2D eigenvalue weighted by atomic mass is 35.5. The van der Waals surface area contributed by atoms with Crippen molar-refractivity contribution in [2.45, 2.75) is 45.5 Å². The first-order valence-electron chi connectivity index (χ1n) is 25.8. The molecule has 0 saturated carbocycles. The van der Waals surface area contributed by atoms with E-state index in [1.54, 1.807) is 72.9 Å². The summed E-state index contributed by atoms with van der Waals surface area (Å²) in [6.07, 6.45) is 10.3. The summed E-state index contributed by atoms with van der Waals surface area (Å²) in [4.78, 5) is 55.9. The number of methoxy groups -OCH3 is 2.